The average molecular weight is 366 g/mol. The third-order valence-electron chi connectivity index (χ3n) is 4.08. The number of amides is 1. The molecule has 1 N–H and O–H groups in total. The molecule has 0 aliphatic carbocycles. The number of aryl methyl sites for hydroxylation is 2. The van der Waals surface area contributed by atoms with E-state index in [1.807, 2.05) is 54.8 Å². The summed E-state index contributed by atoms with van der Waals surface area (Å²) in [5.74, 6) is 0.877. The van der Waals surface area contributed by atoms with Gasteiger partial charge < -0.3 is 10.1 Å². The van der Waals surface area contributed by atoms with Crippen molar-refractivity contribution in [1.82, 2.24) is 10.3 Å². The number of carbonyl (C=O) groups is 1. The van der Waals surface area contributed by atoms with Crippen molar-refractivity contribution in [2.45, 2.75) is 26.3 Å². The first kappa shape index (κ1) is 18.1. The molecule has 0 unspecified atom stereocenters. The van der Waals surface area contributed by atoms with Crippen LogP contribution in [0.25, 0.3) is 11.3 Å². The lowest BCUT2D eigenvalue weighted by molar-refractivity contribution is -0.121. The Morgan fingerprint density at radius 2 is 2.00 bits per heavy atom. The van der Waals surface area contributed by atoms with Crippen LogP contribution in [-0.2, 0) is 17.8 Å². The Balaban J connectivity index is 1.50. The van der Waals surface area contributed by atoms with Gasteiger partial charge in [-0.05, 0) is 36.8 Å². The molecule has 0 bridgehead atoms. The molecule has 26 heavy (non-hydrogen) atoms. The van der Waals surface area contributed by atoms with E-state index in [9.17, 15) is 4.79 Å². The minimum atomic E-state index is 0.0488. The summed E-state index contributed by atoms with van der Waals surface area (Å²) in [6.07, 6.45) is 1.10. The van der Waals surface area contributed by atoms with Gasteiger partial charge in [0.15, 0.2) is 0 Å². The Labute approximate surface area is 157 Å². The number of rotatable bonds is 7. The lowest BCUT2D eigenvalue weighted by Gasteiger charge is -2.05. The average Bonchev–Trinajstić information content (AvgIpc) is 3.14. The zero-order valence-electron chi connectivity index (χ0n) is 15.0. The number of methoxy groups -OCH3 is 1. The number of carbonyl (C=O) groups excluding carboxylic acids is 1. The van der Waals surface area contributed by atoms with E-state index in [1.165, 1.54) is 5.56 Å². The summed E-state index contributed by atoms with van der Waals surface area (Å²) < 4.78 is 5.17. The van der Waals surface area contributed by atoms with E-state index in [0.717, 1.165) is 27.6 Å². The number of thiazole rings is 1. The van der Waals surface area contributed by atoms with Gasteiger partial charge in [0.1, 0.15) is 5.75 Å². The lowest BCUT2D eigenvalue weighted by Crippen LogP contribution is -2.23. The second kappa shape index (κ2) is 8.63. The lowest BCUT2D eigenvalue weighted by atomic mass is 10.1. The summed E-state index contributed by atoms with van der Waals surface area (Å²) in [6, 6.07) is 16.0. The predicted molar refractivity (Wildman–Crippen MR) is 105 cm³/mol. The molecule has 0 atom stereocenters. The number of ether oxygens (including phenoxy) is 1. The van der Waals surface area contributed by atoms with Gasteiger partial charge >= 0.3 is 0 Å². The van der Waals surface area contributed by atoms with Crippen molar-refractivity contribution in [3.8, 4) is 17.0 Å². The van der Waals surface area contributed by atoms with Crippen LogP contribution in [0.2, 0.25) is 0 Å². The molecule has 0 aliphatic heterocycles. The van der Waals surface area contributed by atoms with Crippen LogP contribution in [0.3, 0.4) is 0 Å². The molecule has 0 saturated carbocycles. The van der Waals surface area contributed by atoms with Gasteiger partial charge in [-0.3, -0.25) is 4.79 Å². The monoisotopic (exact) mass is 366 g/mol. The Morgan fingerprint density at radius 1 is 1.19 bits per heavy atom. The molecule has 0 saturated heterocycles. The molecule has 5 heteroatoms. The summed E-state index contributed by atoms with van der Waals surface area (Å²) in [4.78, 5) is 16.7. The van der Waals surface area contributed by atoms with Gasteiger partial charge in [0.2, 0.25) is 5.91 Å². The summed E-state index contributed by atoms with van der Waals surface area (Å²) in [5.41, 5.74) is 4.31. The van der Waals surface area contributed by atoms with Crippen LogP contribution < -0.4 is 10.1 Å². The zero-order chi connectivity index (χ0) is 18.4. The molecule has 3 rings (SSSR count). The highest BCUT2D eigenvalue weighted by molar-refractivity contribution is 7.09. The first-order valence-electron chi connectivity index (χ1n) is 8.55. The first-order chi connectivity index (χ1) is 12.6. The second-order valence-corrected chi connectivity index (χ2v) is 7.06. The quantitative estimate of drug-likeness (QED) is 0.675. The molecular formula is C21H22N2O2S. The van der Waals surface area contributed by atoms with Crippen molar-refractivity contribution >= 4 is 17.2 Å². The highest BCUT2D eigenvalue weighted by atomic mass is 32.1. The van der Waals surface area contributed by atoms with E-state index in [1.54, 1.807) is 18.4 Å². The smallest absolute Gasteiger partial charge is 0.220 e. The minimum Gasteiger partial charge on any atom is -0.497 e. The second-order valence-electron chi connectivity index (χ2n) is 6.12. The molecule has 1 amide bonds. The Kier molecular flexibility index (Phi) is 6.02. The fourth-order valence-corrected chi connectivity index (χ4v) is 3.46. The molecule has 0 spiro atoms. The van der Waals surface area contributed by atoms with Crippen molar-refractivity contribution in [3.63, 3.8) is 0 Å². The maximum Gasteiger partial charge on any atom is 0.220 e. The fraction of sp³-hybridized carbons (Fsp3) is 0.238. The maximum absolute atomic E-state index is 12.1. The van der Waals surface area contributed by atoms with Gasteiger partial charge in [-0.25, -0.2) is 4.98 Å². The van der Waals surface area contributed by atoms with Crippen LogP contribution in [0.1, 0.15) is 22.6 Å². The molecule has 2 aromatic carbocycles. The SMILES string of the molecule is COc1ccc(-c2csc(CCC(=O)NCc3cccc(C)c3)n2)cc1. The fourth-order valence-electron chi connectivity index (χ4n) is 2.65. The van der Waals surface area contributed by atoms with E-state index >= 15 is 0 Å². The van der Waals surface area contributed by atoms with Gasteiger partial charge in [-0.15, -0.1) is 11.3 Å². The summed E-state index contributed by atoms with van der Waals surface area (Å²) in [6.45, 7) is 2.61. The van der Waals surface area contributed by atoms with Crippen molar-refractivity contribution in [2.24, 2.45) is 0 Å². The van der Waals surface area contributed by atoms with E-state index in [-0.39, 0.29) is 5.91 Å². The molecule has 4 nitrogen and oxygen atoms in total. The number of nitrogens with one attached hydrogen (secondary N) is 1. The molecule has 3 aromatic rings. The number of nitrogens with zero attached hydrogens (tertiary/aromatic N) is 1. The number of benzene rings is 2. The van der Waals surface area contributed by atoms with Crippen molar-refractivity contribution in [1.29, 1.82) is 0 Å². The highest BCUT2D eigenvalue weighted by Crippen LogP contribution is 2.24. The molecule has 134 valence electrons. The summed E-state index contributed by atoms with van der Waals surface area (Å²) in [5, 5.41) is 5.97. The summed E-state index contributed by atoms with van der Waals surface area (Å²) >= 11 is 1.59. The van der Waals surface area contributed by atoms with Crippen LogP contribution in [0.4, 0.5) is 0 Å². The number of hydrogen-bond donors (Lipinski definition) is 1. The van der Waals surface area contributed by atoms with Crippen LogP contribution in [0.5, 0.6) is 5.75 Å². The largest absolute Gasteiger partial charge is 0.497 e. The molecule has 0 aliphatic rings. The third-order valence-corrected chi connectivity index (χ3v) is 4.98. The van der Waals surface area contributed by atoms with E-state index < -0.39 is 0 Å². The van der Waals surface area contributed by atoms with E-state index in [2.05, 4.69) is 16.4 Å². The molecule has 1 aromatic heterocycles. The molecule has 0 fully saturated rings. The van der Waals surface area contributed by atoms with Gasteiger partial charge in [0.05, 0.1) is 17.8 Å². The normalized spacial score (nSPS) is 10.5. The maximum atomic E-state index is 12.1. The van der Waals surface area contributed by atoms with Crippen LogP contribution in [-0.4, -0.2) is 18.0 Å². The number of aromatic nitrogens is 1. The third kappa shape index (κ3) is 4.92. The first-order valence-corrected chi connectivity index (χ1v) is 9.43. The van der Waals surface area contributed by atoms with Gasteiger partial charge in [0.25, 0.3) is 0 Å². The molecule has 1 heterocycles. The topological polar surface area (TPSA) is 51.2 Å². The van der Waals surface area contributed by atoms with E-state index in [4.69, 9.17) is 4.74 Å². The van der Waals surface area contributed by atoms with Crippen molar-refractivity contribution in [2.75, 3.05) is 7.11 Å². The minimum absolute atomic E-state index is 0.0488. The van der Waals surface area contributed by atoms with Crippen LogP contribution in [0.15, 0.2) is 53.9 Å². The van der Waals surface area contributed by atoms with Gasteiger partial charge in [-0.1, -0.05) is 29.8 Å². The van der Waals surface area contributed by atoms with Gasteiger partial charge in [0, 0.05) is 30.3 Å². The van der Waals surface area contributed by atoms with Crippen LogP contribution >= 0.6 is 11.3 Å². The Hall–Kier alpha value is -2.66. The zero-order valence-corrected chi connectivity index (χ0v) is 15.8. The summed E-state index contributed by atoms with van der Waals surface area (Å²) in [7, 11) is 1.65. The molecular weight excluding hydrogens is 344 g/mol. The predicted octanol–water partition coefficient (Wildman–Crippen LogP) is 4.38. The standard InChI is InChI=1S/C21H22N2O2S/c1-15-4-3-5-16(12-15)13-22-20(24)10-11-21-23-19(14-26-21)17-6-8-18(25-2)9-7-17/h3-9,12,14H,10-11,13H2,1-2H3,(H,22,24). The van der Waals surface area contributed by atoms with Crippen molar-refractivity contribution < 1.29 is 9.53 Å². The van der Waals surface area contributed by atoms with E-state index in [0.29, 0.717) is 19.4 Å². The Morgan fingerprint density at radius 3 is 2.73 bits per heavy atom. The van der Waals surface area contributed by atoms with Gasteiger partial charge in [-0.2, -0.15) is 0 Å². The van der Waals surface area contributed by atoms with Crippen LogP contribution in [0, 0.1) is 6.92 Å². The highest BCUT2D eigenvalue weighted by Gasteiger charge is 2.08. The number of hydrogen-bond acceptors (Lipinski definition) is 4. The van der Waals surface area contributed by atoms with Crippen molar-refractivity contribution in [3.05, 3.63) is 70.0 Å². The Bertz CT molecular complexity index is 872. The molecule has 0 radical (unpaired) electrons.